The van der Waals surface area contributed by atoms with Crippen LogP contribution in [0.5, 0.6) is 0 Å². The van der Waals surface area contributed by atoms with Gasteiger partial charge in [0.05, 0.1) is 5.52 Å². The average molecular weight is 540 g/mol. The van der Waals surface area contributed by atoms with Crippen molar-refractivity contribution >= 4 is 61.8 Å². The van der Waals surface area contributed by atoms with Gasteiger partial charge in [0.25, 0.3) is 5.91 Å². The minimum absolute atomic E-state index is 0.151. The molecule has 9 heteroatoms. The van der Waals surface area contributed by atoms with Crippen LogP contribution in [-0.2, 0) is 16.0 Å². The molecule has 1 heterocycles. The highest BCUT2D eigenvalue weighted by atomic mass is 79.9. The molecule has 0 fully saturated rings. The Morgan fingerprint density at radius 2 is 1.68 bits per heavy atom. The molecular weight excluding hydrogens is 520 g/mol. The molecule has 0 spiro atoms. The zero-order valence-electron chi connectivity index (χ0n) is 17.8. The monoisotopic (exact) mass is 538 g/mol. The van der Waals surface area contributed by atoms with Crippen LogP contribution in [0.4, 0.5) is 5.69 Å². The molecule has 4 rings (SSSR count). The zero-order valence-corrected chi connectivity index (χ0v) is 20.2. The van der Waals surface area contributed by atoms with Gasteiger partial charge >= 0.3 is 11.8 Å². The number of benzene rings is 3. The van der Waals surface area contributed by atoms with Crippen LogP contribution in [0.3, 0.4) is 0 Å². The Labute approximate surface area is 209 Å². The predicted octanol–water partition coefficient (Wildman–Crippen LogP) is 4.74. The van der Waals surface area contributed by atoms with Crippen molar-refractivity contribution in [3.8, 4) is 0 Å². The third kappa shape index (κ3) is 5.65. The highest BCUT2D eigenvalue weighted by Gasteiger charge is 2.21. The largest absolute Gasteiger partial charge is 0.347 e. The number of nitrogens with zero attached hydrogens (tertiary/aromatic N) is 1. The third-order valence-corrected chi connectivity index (χ3v) is 5.77. The van der Waals surface area contributed by atoms with E-state index in [2.05, 4.69) is 32.0 Å². The number of halogens is 2. The van der Waals surface area contributed by atoms with Crippen molar-refractivity contribution < 1.29 is 14.4 Å². The summed E-state index contributed by atoms with van der Waals surface area (Å²) in [5.74, 6) is -2.15. The lowest BCUT2D eigenvalue weighted by atomic mass is 10.1. The fourth-order valence-electron chi connectivity index (χ4n) is 3.43. The van der Waals surface area contributed by atoms with Crippen LogP contribution in [0.1, 0.15) is 16.1 Å². The second kappa shape index (κ2) is 10.5. The van der Waals surface area contributed by atoms with Gasteiger partial charge in [-0.15, -0.1) is 0 Å². The molecule has 0 aliphatic carbocycles. The highest BCUT2D eigenvalue weighted by Crippen LogP contribution is 2.24. The van der Waals surface area contributed by atoms with Crippen LogP contribution in [0.2, 0.25) is 5.02 Å². The predicted molar refractivity (Wildman–Crippen MR) is 137 cm³/mol. The molecular formula is C25H20BrClN4O3. The second-order valence-corrected chi connectivity index (χ2v) is 8.82. The molecule has 7 nitrogen and oxygen atoms in total. The minimum Gasteiger partial charge on any atom is -0.347 e. The van der Waals surface area contributed by atoms with Crippen molar-refractivity contribution in [1.29, 1.82) is 0 Å². The van der Waals surface area contributed by atoms with Crippen LogP contribution in [0.15, 0.2) is 83.3 Å². The molecule has 3 aromatic carbocycles. The Bertz CT molecular complexity index is 1370. The van der Waals surface area contributed by atoms with Crippen molar-refractivity contribution in [2.45, 2.75) is 6.42 Å². The Balaban J connectivity index is 1.52. The van der Waals surface area contributed by atoms with Crippen molar-refractivity contribution in [2.24, 2.45) is 0 Å². The first-order valence-corrected chi connectivity index (χ1v) is 11.6. The fraction of sp³-hybridized carbons (Fsp3) is 0.0800. The van der Waals surface area contributed by atoms with Gasteiger partial charge < -0.3 is 10.6 Å². The molecule has 0 unspecified atom stereocenters. The van der Waals surface area contributed by atoms with E-state index in [0.29, 0.717) is 34.6 Å². The van der Waals surface area contributed by atoms with E-state index in [1.807, 2.05) is 36.4 Å². The topological polar surface area (TPSA) is 92.2 Å². The lowest BCUT2D eigenvalue weighted by Gasteiger charge is -2.13. The van der Waals surface area contributed by atoms with E-state index in [1.165, 1.54) is 4.68 Å². The van der Waals surface area contributed by atoms with Gasteiger partial charge in [-0.1, -0.05) is 63.9 Å². The molecule has 3 amide bonds. The number of hydrogen-bond donors (Lipinski definition) is 3. The standard InChI is InChI=1S/C25H20BrClN4O3/c26-18-9-10-21-17(13-18)14-22(23(32)29-20-8-4-7-19(27)15-20)31(21)30-25(34)24(33)28-12-11-16-5-2-1-3-6-16/h1-10,13-15H,11-12H2,(H,28,33)(H,29,32)(H,30,34). The van der Waals surface area contributed by atoms with E-state index in [4.69, 9.17) is 11.6 Å². The van der Waals surface area contributed by atoms with Gasteiger partial charge in [-0.2, -0.15) is 0 Å². The normalized spacial score (nSPS) is 10.6. The summed E-state index contributed by atoms with van der Waals surface area (Å²) in [6, 6.07) is 23.3. The molecule has 0 aliphatic rings. The molecule has 0 bridgehead atoms. The summed E-state index contributed by atoms with van der Waals surface area (Å²) in [5.41, 5.74) is 4.80. The van der Waals surface area contributed by atoms with Gasteiger partial charge in [0.2, 0.25) is 0 Å². The van der Waals surface area contributed by atoms with Crippen molar-refractivity contribution in [3.05, 3.63) is 99.6 Å². The second-order valence-electron chi connectivity index (χ2n) is 7.47. The first-order valence-electron chi connectivity index (χ1n) is 10.4. The summed E-state index contributed by atoms with van der Waals surface area (Å²) in [6.07, 6.45) is 0.591. The van der Waals surface area contributed by atoms with Crippen LogP contribution in [0, 0.1) is 0 Å². The molecule has 0 aliphatic heterocycles. The van der Waals surface area contributed by atoms with E-state index < -0.39 is 17.7 Å². The highest BCUT2D eigenvalue weighted by molar-refractivity contribution is 9.10. The number of amides is 3. The quantitative estimate of drug-likeness (QED) is 0.309. The molecule has 0 atom stereocenters. The number of rotatable bonds is 6. The van der Waals surface area contributed by atoms with Crippen LogP contribution in [-0.4, -0.2) is 28.9 Å². The summed E-state index contributed by atoms with van der Waals surface area (Å²) in [5, 5.41) is 6.55. The van der Waals surface area contributed by atoms with Crippen molar-refractivity contribution in [2.75, 3.05) is 17.3 Å². The molecule has 3 N–H and O–H groups in total. The van der Waals surface area contributed by atoms with E-state index >= 15 is 0 Å². The molecule has 34 heavy (non-hydrogen) atoms. The number of carbonyl (C=O) groups excluding carboxylic acids is 3. The maximum Gasteiger partial charge on any atom is 0.328 e. The third-order valence-electron chi connectivity index (χ3n) is 5.04. The average Bonchev–Trinajstić information content (AvgIpc) is 3.17. The number of hydrogen-bond acceptors (Lipinski definition) is 3. The van der Waals surface area contributed by atoms with Gasteiger partial charge in [-0.25, -0.2) is 4.68 Å². The number of anilines is 1. The molecule has 0 radical (unpaired) electrons. The van der Waals surface area contributed by atoms with E-state index in [1.54, 1.807) is 42.5 Å². The maximum absolute atomic E-state index is 13.0. The molecule has 1 aromatic heterocycles. The SMILES string of the molecule is O=C(NCCc1ccccc1)C(=O)Nn1c(C(=O)Nc2cccc(Cl)c2)cc2cc(Br)ccc21. The summed E-state index contributed by atoms with van der Waals surface area (Å²) >= 11 is 9.42. The maximum atomic E-state index is 13.0. The van der Waals surface area contributed by atoms with Gasteiger partial charge in [0, 0.05) is 27.1 Å². The lowest BCUT2D eigenvalue weighted by molar-refractivity contribution is -0.136. The Morgan fingerprint density at radius 3 is 2.44 bits per heavy atom. The van der Waals surface area contributed by atoms with Gasteiger partial charge in [-0.3, -0.25) is 19.8 Å². The minimum atomic E-state index is -0.884. The smallest absolute Gasteiger partial charge is 0.328 e. The Hall–Kier alpha value is -3.62. The van der Waals surface area contributed by atoms with Crippen LogP contribution in [0.25, 0.3) is 10.9 Å². The lowest BCUT2D eigenvalue weighted by Crippen LogP contribution is -2.40. The fourth-order valence-corrected chi connectivity index (χ4v) is 4.00. The summed E-state index contributed by atoms with van der Waals surface area (Å²) in [4.78, 5) is 38.1. The van der Waals surface area contributed by atoms with Gasteiger partial charge in [0.1, 0.15) is 5.69 Å². The molecule has 0 saturated heterocycles. The van der Waals surface area contributed by atoms with Crippen LogP contribution < -0.4 is 16.1 Å². The summed E-state index contributed by atoms with van der Waals surface area (Å²) in [7, 11) is 0. The van der Waals surface area contributed by atoms with Crippen LogP contribution >= 0.6 is 27.5 Å². The molecule has 172 valence electrons. The Morgan fingerprint density at radius 1 is 0.882 bits per heavy atom. The number of aromatic nitrogens is 1. The van der Waals surface area contributed by atoms with Crippen molar-refractivity contribution in [3.63, 3.8) is 0 Å². The number of carbonyl (C=O) groups is 3. The Kier molecular flexibility index (Phi) is 7.30. The molecule has 4 aromatic rings. The summed E-state index contributed by atoms with van der Waals surface area (Å²) < 4.78 is 2.12. The first kappa shape index (κ1) is 23.5. The van der Waals surface area contributed by atoms with Crippen molar-refractivity contribution in [1.82, 2.24) is 9.99 Å². The van der Waals surface area contributed by atoms with Gasteiger partial charge in [-0.05, 0) is 54.4 Å². The van der Waals surface area contributed by atoms with E-state index in [-0.39, 0.29) is 5.69 Å². The van der Waals surface area contributed by atoms with Gasteiger partial charge in [0.15, 0.2) is 0 Å². The van der Waals surface area contributed by atoms with E-state index in [9.17, 15) is 14.4 Å². The first-order chi connectivity index (χ1) is 16.4. The number of nitrogens with one attached hydrogen (secondary N) is 3. The van der Waals surface area contributed by atoms with E-state index in [0.717, 1.165) is 10.0 Å². The zero-order chi connectivity index (χ0) is 24.1. The molecule has 0 saturated carbocycles. The number of fused-ring (bicyclic) bond motifs is 1. The summed E-state index contributed by atoms with van der Waals surface area (Å²) in [6.45, 7) is 0.303.